The molecule has 0 amide bonds. The molecule has 5 heterocycles. The van der Waals surface area contributed by atoms with Gasteiger partial charge in [-0.25, -0.2) is 9.48 Å². The molecule has 1 aliphatic heterocycles. The van der Waals surface area contributed by atoms with Crippen molar-refractivity contribution in [3.05, 3.63) is 112 Å². The molecule has 12 nitrogen and oxygen atoms in total. The molecule has 0 spiro atoms. The van der Waals surface area contributed by atoms with Gasteiger partial charge in [-0.1, -0.05) is 62.2 Å². The Morgan fingerprint density at radius 2 is 1.41 bits per heavy atom. The van der Waals surface area contributed by atoms with Crippen molar-refractivity contribution in [3.63, 3.8) is 0 Å². The third kappa shape index (κ3) is 7.31. The van der Waals surface area contributed by atoms with Gasteiger partial charge in [-0.05, 0) is 78.9 Å². The maximum absolute atomic E-state index is 11.1. The number of rotatable bonds is 4. The average molecular weight is 783 g/mol. The van der Waals surface area contributed by atoms with Gasteiger partial charge < -0.3 is 9.84 Å². The first-order chi connectivity index (χ1) is 23.9. The Morgan fingerprint density at radius 3 is 2.12 bits per heavy atom. The van der Waals surface area contributed by atoms with E-state index in [0.717, 1.165) is 65.8 Å². The molecule has 1 saturated heterocycles. The van der Waals surface area contributed by atoms with Crippen molar-refractivity contribution < 1.29 is 14.6 Å². The maximum atomic E-state index is 11.1. The van der Waals surface area contributed by atoms with Crippen molar-refractivity contribution in [3.8, 4) is 22.4 Å². The summed E-state index contributed by atoms with van der Waals surface area (Å²) in [7, 11) is 0. The second kappa shape index (κ2) is 14.5. The monoisotopic (exact) mass is 781 g/mol. The van der Waals surface area contributed by atoms with Crippen LogP contribution in [0.2, 0.25) is 0 Å². The van der Waals surface area contributed by atoms with E-state index in [-0.39, 0.29) is 11.9 Å². The number of hydrogen-bond acceptors (Lipinski definition) is 7. The van der Waals surface area contributed by atoms with Gasteiger partial charge in [-0.2, -0.15) is 25.6 Å². The van der Waals surface area contributed by atoms with E-state index in [9.17, 15) is 4.79 Å². The van der Waals surface area contributed by atoms with Gasteiger partial charge in [0.25, 0.3) is 0 Å². The van der Waals surface area contributed by atoms with Crippen molar-refractivity contribution in [1.29, 1.82) is 0 Å². The molecule has 49 heavy (non-hydrogen) atoms. The van der Waals surface area contributed by atoms with E-state index in [1.807, 2.05) is 77.6 Å². The standard InChI is InChI=1S/C16H11N5O2.C12H13BrN2O.C7H5BrN2/c22-16(23)15-14(19-21-20-15)10-3-1-9(2-4-10)11-5-6-13-12(7-11)8-17-18-13;13-10-4-5-11-9(7-10)8-14-15(11)12-3-1-2-6-16-12;8-6-1-2-7-5(3-6)4-9-10-7/h1-8H,(H,17,18)(H,22,23)(H,19,20,21);4-5,7-8,12H,1-3,6H2;1-4H,(H,9,10). The van der Waals surface area contributed by atoms with Crippen LogP contribution in [0.3, 0.4) is 0 Å². The number of aromatic nitrogens is 9. The van der Waals surface area contributed by atoms with Crippen molar-refractivity contribution in [2.24, 2.45) is 0 Å². The minimum Gasteiger partial charge on any atom is -0.476 e. The van der Waals surface area contributed by atoms with Crippen molar-refractivity contribution in [2.45, 2.75) is 25.5 Å². The number of benzene rings is 4. The summed E-state index contributed by atoms with van der Waals surface area (Å²) in [5.74, 6) is -1.11. The second-order valence-electron chi connectivity index (χ2n) is 11.3. The van der Waals surface area contributed by atoms with E-state index >= 15 is 0 Å². The molecule has 0 radical (unpaired) electrons. The highest BCUT2D eigenvalue weighted by atomic mass is 79.9. The number of carboxylic acids is 1. The van der Waals surface area contributed by atoms with Crippen LogP contribution >= 0.6 is 31.9 Å². The predicted molar refractivity (Wildman–Crippen MR) is 194 cm³/mol. The Hall–Kier alpha value is -5.18. The normalized spacial score (nSPS) is 14.3. The van der Waals surface area contributed by atoms with Crippen molar-refractivity contribution in [2.75, 3.05) is 6.61 Å². The number of aromatic carboxylic acids is 1. The van der Waals surface area contributed by atoms with Gasteiger partial charge in [0.1, 0.15) is 5.69 Å². The minimum atomic E-state index is -1.11. The van der Waals surface area contributed by atoms with E-state index in [1.165, 1.54) is 12.8 Å². The van der Waals surface area contributed by atoms with E-state index in [1.54, 1.807) is 12.4 Å². The van der Waals surface area contributed by atoms with Crippen LogP contribution in [0, 0.1) is 0 Å². The molecule has 1 aliphatic rings. The summed E-state index contributed by atoms with van der Waals surface area (Å²) in [6.07, 6.45) is 9.06. The van der Waals surface area contributed by atoms with Crippen LogP contribution in [0.25, 0.3) is 55.1 Å². The van der Waals surface area contributed by atoms with Gasteiger partial charge in [0.2, 0.25) is 0 Å². The molecule has 4 N–H and O–H groups in total. The van der Waals surface area contributed by atoms with Gasteiger partial charge in [-0.3, -0.25) is 10.2 Å². The lowest BCUT2D eigenvalue weighted by atomic mass is 10.0. The lowest BCUT2D eigenvalue weighted by Gasteiger charge is -2.23. The molecule has 0 bridgehead atoms. The maximum Gasteiger partial charge on any atom is 0.358 e. The quantitative estimate of drug-likeness (QED) is 0.138. The number of hydrogen-bond donors (Lipinski definition) is 4. The molecule has 14 heteroatoms. The summed E-state index contributed by atoms with van der Waals surface area (Å²) < 4.78 is 9.92. The summed E-state index contributed by atoms with van der Waals surface area (Å²) in [6, 6.07) is 25.8. The lowest BCUT2D eigenvalue weighted by Crippen LogP contribution is -2.18. The molecule has 0 saturated carbocycles. The molecule has 246 valence electrons. The van der Waals surface area contributed by atoms with Crippen LogP contribution in [0.15, 0.2) is 106 Å². The Morgan fingerprint density at radius 1 is 0.755 bits per heavy atom. The Labute approximate surface area is 296 Å². The Balaban J connectivity index is 0.000000126. The van der Waals surface area contributed by atoms with Gasteiger partial charge in [-0.15, -0.1) is 5.10 Å². The van der Waals surface area contributed by atoms with E-state index in [4.69, 9.17) is 9.84 Å². The number of carboxylic acid groups (broad SMARTS) is 1. The van der Waals surface area contributed by atoms with E-state index < -0.39 is 5.97 Å². The van der Waals surface area contributed by atoms with Crippen molar-refractivity contribution in [1.82, 2.24) is 45.6 Å². The van der Waals surface area contributed by atoms with Crippen LogP contribution in [-0.4, -0.2) is 63.3 Å². The Kier molecular flexibility index (Phi) is 9.59. The Bertz CT molecular complexity index is 2360. The van der Waals surface area contributed by atoms with E-state index in [0.29, 0.717) is 11.3 Å². The summed E-state index contributed by atoms with van der Waals surface area (Å²) in [5.41, 5.74) is 6.23. The van der Waals surface area contributed by atoms with Crippen LogP contribution in [0.1, 0.15) is 36.0 Å². The molecule has 1 atom stereocenters. The van der Waals surface area contributed by atoms with Crippen LogP contribution < -0.4 is 0 Å². The highest BCUT2D eigenvalue weighted by Gasteiger charge is 2.18. The number of ether oxygens (including phenoxy) is 1. The number of nitrogens with one attached hydrogen (secondary N) is 3. The highest BCUT2D eigenvalue weighted by molar-refractivity contribution is 9.10. The molecule has 4 aromatic heterocycles. The fourth-order valence-electron chi connectivity index (χ4n) is 5.61. The summed E-state index contributed by atoms with van der Waals surface area (Å²) in [5, 5.41) is 40.5. The molecular formula is C35H29Br2N9O3. The molecule has 8 aromatic rings. The first kappa shape index (κ1) is 32.4. The van der Waals surface area contributed by atoms with Gasteiger partial charge in [0.15, 0.2) is 11.9 Å². The SMILES string of the molecule is Brc1ccc2[nH]ncc2c1.Brc1ccc2c(cnn2C2CCCCO2)c1.O=C(O)c1n[nH]nc1-c1ccc(-c2ccc3[nH]ncc3c2)cc1. The zero-order valence-corrected chi connectivity index (χ0v) is 29.0. The highest BCUT2D eigenvalue weighted by Crippen LogP contribution is 2.29. The van der Waals surface area contributed by atoms with Gasteiger partial charge in [0.05, 0.1) is 35.1 Å². The molecule has 0 aliphatic carbocycles. The third-order valence-corrected chi connectivity index (χ3v) is 9.06. The zero-order valence-electron chi connectivity index (χ0n) is 25.8. The predicted octanol–water partition coefficient (Wildman–Crippen LogP) is 8.54. The summed E-state index contributed by atoms with van der Waals surface area (Å²) in [4.78, 5) is 11.1. The molecule has 9 rings (SSSR count). The average Bonchev–Trinajstić information content (AvgIpc) is 3.95. The number of halogens is 2. The fourth-order valence-corrected chi connectivity index (χ4v) is 6.37. The number of H-pyrrole nitrogens is 3. The van der Waals surface area contributed by atoms with Crippen LogP contribution in [0.4, 0.5) is 0 Å². The minimum absolute atomic E-state index is 0.0856. The summed E-state index contributed by atoms with van der Waals surface area (Å²) in [6.45, 7) is 0.850. The molecule has 1 unspecified atom stereocenters. The van der Waals surface area contributed by atoms with E-state index in [2.05, 4.69) is 84.9 Å². The first-order valence-electron chi connectivity index (χ1n) is 15.4. The molecular weight excluding hydrogens is 754 g/mol. The third-order valence-electron chi connectivity index (χ3n) is 8.07. The fraction of sp³-hybridized carbons (Fsp3) is 0.143. The summed E-state index contributed by atoms with van der Waals surface area (Å²) >= 11 is 6.84. The van der Waals surface area contributed by atoms with Crippen LogP contribution in [0.5, 0.6) is 0 Å². The molecule has 1 fully saturated rings. The molecule has 4 aromatic carbocycles. The number of carbonyl (C=O) groups is 1. The zero-order chi connectivity index (χ0) is 33.7. The van der Waals surface area contributed by atoms with Gasteiger partial charge in [0, 0.05) is 37.3 Å². The largest absolute Gasteiger partial charge is 0.476 e. The van der Waals surface area contributed by atoms with Crippen LogP contribution in [-0.2, 0) is 4.74 Å². The van der Waals surface area contributed by atoms with Gasteiger partial charge >= 0.3 is 5.97 Å². The lowest BCUT2D eigenvalue weighted by molar-refractivity contribution is -0.0366. The first-order valence-corrected chi connectivity index (χ1v) is 17.0. The topological polar surface area (TPSA) is 163 Å². The number of aromatic amines is 3. The number of nitrogens with zero attached hydrogens (tertiary/aromatic N) is 6. The second-order valence-corrected chi connectivity index (χ2v) is 13.1. The number of fused-ring (bicyclic) bond motifs is 3. The smallest absolute Gasteiger partial charge is 0.358 e. The van der Waals surface area contributed by atoms with Crippen molar-refractivity contribution >= 4 is 70.5 Å².